The number of carbonyl (C=O) groups excluding carboxylic acids is 5. The maximum atomic E-state index is 14.7. The van der Waals surface area contributed by atoms with Crippen molar-refractivity contribution in [3.8, 4) is 0 Å². The summed E-state index contributed by atoms with van der Waals surface area (Å²) < 4.78 is 68.7. The fraction of sp³-hybridized carbons (Fsp3) is 0.558. The van der Waals surface area contributed by atoms with Crippen molar-refractivity contribution in [2.24, 2.45) is 5.92 Å². The Morgan fingerprint density at radius 2 is 1.71 bits per heavy atom. The Morgan fingerprint density at radius 3 is 2.45 bits per heavy atom. The largest absolute Gasteiger partial charge is 0.446 e. The second-order valence-corrected chi connectivity index (χ2v) is 18.4. The van der Waals surface area contributed by atoms with Gasteiger partial charge in [-0.2, -0.15) is 0 Å². The lowest BCUT2D eigenvalue weighted by Gasteiger charge is -2.32. The normalized spacial score (nSPS) is 27.4. The topological polar surface area (TPSA) is 196 Å². The molecule has 19 heteroatoms. The minimum absolute atomic E-state index is 0.0252. The van der Waals surface area contributed by atoms with Gasteiger partial charge < -0.3 is 35.2 Å². The molecule has 0 unspecified atom stereocenters. The molecule has 16 nitrogen and oxygen atoms in total. The molecule has 2 saturated heterocycles. The number of hydrogen-bond acceptors (Lipinski definition) is 11. The van der Waals surface area contributed by atoms with Crippen molar-refractivity contribution in [2.75, 3.05) is 44.7 Å². The molecule has 5 aliphatic rings. The van der Waals surface area contributed by atoms with E-state index >= 15 is 0 Å². The molecule has 5 amide bonds. The van der Waals surface area contributed by atoms with E-state index in [1.807, 2.05) is 4.90 Å². The first-order valence-corrected chi connectivity index (χ1v) is 22.9. The van der Waals surface area contributed by atoms with Gasteiger partial charge in [0.1, 0.15) is 47.2 Å². The Kier molecular flexibility index (Phi) is 14.0. The van der Waals surface area contributed by atoms with Gasteiger partial charge in [-0.1, -0.05) is 56.0 Å². The molecule has 2 aromatic carbocycles. The number of sulfonamides is 1. The van der Waals surface area contributed by atoms with Crippen molar-refractivity contribution in [2.45, 2.75) is 112 Å². The average Bonchev–Trinajstić information content (AvgIpc) is 3.53. The van der Waals surface area contributed by atoms with E-state index in [0.29, 0.717) is 75.1 Å². The summed E-state index contributed by atoms with van der Waals surface area (Å²) in [6.45, 7) is 4.96. The number of nitrogens with one attached hydrogen (secondary N) is 4. The summed E-state index contributed by atoms with van der Waals surface area (Å²) >= 11 is 0. The Bertz CT molecular complexity index is 2140. The number of carbonyl (C=O) groups is 5. The summed E-state index contributed by atoms with van der Waals surface area (Å²) in [6, 6.07) is 8.31. The quantitative estimate of drug-likeness (QED) is 0.305. The van der Waals surface area contributed by atoms with Gasteiger partial charge in [0.15, 0.2) is 0 Å². The zero-order valence-electron chi connectivity index (χ0n) is 34.6. The highest BCUT2D eigenvalue weighted by Gasteiger charge is 2.61. The van der Waals surface area contributed by atoms with Crippen molar-refractivity contribution in [3.63, 3.8) is 0 Å². The number of alkyl carbamates (subject to hydrolysis) is 1. The lowest BCUT2D eigenvalue weighted by atomic mass is 10.0. The fourth-order valence-electron chi connectivity index (χ4n) is 8.94. The summed E-state index contributed by atoms with van der Waals surface area (Å²) in [6.07, 6.45) is 2.83. The van der Waals surface area contributed by atoms with Crippen molar-refractivity contribution < 1.29 is 50.6 Å². The van der Waals surface area contributed by atoms with Gasteiger partial charge in [-0.3, -0.25) is 19.3 Å². The summed E-state index contributed by atoms with van der Waals surface area (Å²) in [5.41, 5.74) is -0.428. The molecule has 1 spiro atoms. The average molecular weight is 884 g/mol. The molecule has 7 rings (SSSR count). The number of ether oxygens (including phenoxy) is 2. The van der Waals surface area contributed by atoms with Crippen molar-refractivity contribution >= 4 is 45.6 Å². The molecule has 0 aromatic heterocycles. The van der Waals surface area contributed by atoms with Crippen LogP contribution in [-0.2, 0) is 47.0 Å². The van der Waals surface area contributed by atoms with E-state index in [2.05, 4.69) is 27.3 Å². The van der Waals surface area contributed by atoms with Crippen LogP contribution < -0.4 is 20.7 Å². The molecular weight excluding hydrogens is 829 g/mol. The van der Waals surface area contributed by atoms with Crippen LogP contribution in [-0.4, -0.2) is 122 Å². The smallest absolute Gasteiger partial charge is 0.410 e. The monoisotopic (exact) mass is 883 g/mol. The number of halogens is 2. The van der Waals surface area contributed by atoms with Crippen LogP contribution in [0, 0.1) is 11.7 Å². The van der Waals surface area contributed by atoms with Crippen LogP contribution in [0.2, 0.25) is 0 Å². The minimum atomic E-state index is -4.44. The number of piperidine rings is 1. The van der Waals surface area contributed by atoms with Gasteiger partial charge in [-0.25, -0.2) is 31.5 Å². The standard InChI is InChI=1S/C43H55F2N7O9S/c1-2-29-24-43(29)40(55)49-62(58,59)37-15-8-7-13-34(37)46-19-9-5-3-4-6-14-35(47-41(56)60-30-16-20-50(21-17-30)22-18-44)39(54)52-26-31(23-36(52)38(53)48-43)61-42(57)51-25-28-11-10-12-33(45)32(28)27-51/h2,7-8,10-13,15,29-31,35-36,46H,1,3-6,9,14,16-27H2,(H,47,56)(H,48,53)(H,49,55)/t29-,31-,35+,36+,43-/m1/s1. The number of likely N-dealkylation sites (tertiary alicyclic amines) is 1. The Balaban J connectivity index is 1.14. The third-order valence-electron chi connectivity index (χ3n) is 12.5. The van der Waals surface area contributed by atoms with Gasteiger partial charge in [-0.15, -0.1) is 6.58 Å². The van der Waals surface area contributed by atoms with Crippen LogP contribution in [0.1, 0.15) is 75.3 Å². The third kappa shape index (κ3) is 10.1. The number of amides is 5. The van der Waals surface area contributed by atoms with Gasteiger partial charge in [0.2, 0.25) is 11.8 Å². The molecule has 4 heterocycles. The third-order valence-corrected chi connectivity index (χ3v) is 13.9. The van der Waals surface area contributed by atoms with E-state index in [4.69, 9.17) is 9.47 Å². The SMILES string of the molecule is C=C[C@@H]1C[C@@]12NC(=O)[C@@H]1C[C@@H](OC(=O)N3Cc4cccc(F)c4C3)CN1C(=O)[C@@H](NC(=O)OC1CCN(CCF)CC1)CCCCCCCNc1ccccc1S(=O)(=O)NC2=O. The summed E-state index contributed by atoms with van der Waals surface area (Å²) in [5, 5.41) is 8.63. The molecule has 5 atom stereocenters. The van der Waals surface area contributed by atoms with E-state index in [1.165, 1.54) is 28.0 Å². The van der Waals surface area contributed by atoms with Gasteiger partial charge in [0.05, 0.1) is 18.8 Å². The summed E-state index contributed by atoms with van der Waals surface area (Å²) in [7, 11) is -4.44. The van der Waals surface area contributed by atoms with Crippen LogP contribution in [0.25, 0.3) is 0 Å². The van der Waals surface area contributed by atoms with Crippen molar-refractivity contribution in [1.82, 2.24) is 30.1 Å². The molecule has 1 aliphatic carbocycles. The fourth-order valence-corrected chi connectivity index (χ4v) is 10.2. The molecule has 3 fully saturated rings. The highest BCUT2D eigenvalue weighted by atomic mass is 32.2. The van der Waals surface area contributed by atoms with Crippen LogP contribution in [0.4, 0.5) is 24.1 Å². The Morgan fingerprint density at radius 1 is 0.952 bits per heavy atom. The molecule has 0 bridgehead atoms. The highest BCUT2D eigenvalue weighted by Crippen LogP contribution is 2.45. The first-order valence-electron chi connectivity index (χ1n) is 21.4. The first-order chi connectivity index (χ1) is 29.8. The van der Waals surface area contributed by atoms with Crippen molar-refractivity contribution in [1.29, 1.82) is 0 Å². The van der Waals surface area contributed by atoms with E-state index < -0.39 is 88.2 Å². The Hall–Kier alpha value is -5.30. The molecule has 2 aromatic rings. The number of rotatable bonds is 6. The van der Waals surface area contributed by atoms with Gasteiger partial charge in [0, 0.05) is 50.6 Å². The maximum Gasteiger partial charge on any atom is 0.410 e. The molecular formula is C43H55F2N7O9S. The second kappa shape index (κ2) is 19.4. The number of alkyl halides is 1. The molecule has 4 aliphatic heterocycles. The van der Waals surface area contributed by atoms with E-state index in [1.54, 1.807) is 30.3 Å². The molecule has 62 heavy (non-hydrogen) atoms. The van der Waals surface area contributed by atoms with E-state index in [-0.39, 0.29) is 43.8 Å². The summed E-state index contributed by atoms with van der Waals surface area (Å²) in [4.78, 5) is 74.5. The number of nitrogens with zero attached hydrogens (tertiary/aromatic N) is 3. The van der Waals surface area contributed by atoms with Gasteiger partial charge >= 0.3 is 12.2 Å². The molecule has 4 N–H and O–H groups in total. The minimum Gasteiger partial charge on any atom is -0.446 e. The number of hydrogen-bond donors (Lipinski definition) is 4. The highest BCUT2D eigenvalue weighted by molar-refractivity contribution is 7.90. The second-order valence-electron chi connectivity index (χ2n) is 16.7. The van der Waals surface area contributed by atoms with Gasteiger partial charge in [-0.05, 0) is 55.9 Å². The molecule has 1 saturated carbocycles. The molecule has 0 radical (unpaired) electrons. The molecule has 336 valence electrons. The number of fused-ring (bicyclic) bond motifs is 3. The zero-order valence-corrected chi connectivity index (χ0v) is 35.4. The zero-order chi connectivity index (χ0) is 44.0. The predicted octanol–water partition coefficient (Wildman–Crippen LogP) is 4.11. The van der Waals surface area contributed by atoms with Crippen molar-refractivity contribution in [3.05, 3.63) is 72.1 Å². The number of benzene rings is 2. The first kappa shape index (κ1) is 44.7. The maximum absolute atomic E-state index is 14.7. The van der Waals surface area contributed by atoms with Crippen LogP contribution in [0.3, 0.4) is 0 Å². The lowest BCUT2D eigenvalue weighted by Crippen LogP contribution is -2.58. The van der Waals surface area contributed by atoms with Crippen LogP contribution >= 0.6 is 0 Å². The number of anilines is 1. The van der Waals surface area contributed by atoms with E-state index in [0.717, 1.165) is 12.8 Å². The predicted molar refractivity (Wildman–Crippen MR) is 222 cm³/mol. The summed E-state index contributed by atoms with van der Waals surface area (Å²) in [5.74, 6) is -3.54. The Labute approximate surface area is 360 Å². The van der Waals surface area contributed by atoms with Crippen LogP contribution in [0.5, 0.6) is 0 Å². The number of para-hydroxylation sites is 1. The van der Waals surface area contributed by atoms with Gasteiger partial charge in [0.25, 0.3) is 15.9 Å². The van der Waals surface area contributed by atoms with E-state index in [9.17, 15) is 41.2 Å². The lowest BCUT2D eigenvalue weighted by molar-refractivity contribution is -0.141. The van der Waals surface area contributed by atoms with Crippen LogP contribution in [0.15, 0.2) is 60.0 Å².